The summed E-state index contributed by atoms with van der Waals surface area (Å²) < 4.78 is 0. The van der Waals surface area contributed by atoms with E-state index in [1.165, 1.54) is 6.20 Å². The Bertz CT molecular complexity index is 686. The quantitative estimate of drug-likeness (QED) is 0.937. The first-order valence-corrected chi connectivity index (χ1v) is 6.80. The third-order valence-corrected chi connectivity index (χ3v) is 3.42. The number of carbonyl (C=O) groups is 1. The topological polar surface area (TPSA) is 69.0 Å². The van der Waals surface area contributed by atoms with Gasteiger partial charge in [-0.3, -0.25) is 4.79 Å². The second-order valence-corrected chi connectivity index (χ2v) is 4.86. The lowest BCUT2D eigenvalue weighted by molar-refractivity contribution is -0.117. The molecular weight excluding hydrogens is 264 g/mol. The van der Waals surface area contributed by atoms with E-state index in [9.17, 15) is 4.79 Å². The van der Waals surface area contributed by atoms with E-state index in [-0.39, 0.29) is 5.91 Å². The molecule has 21 heavy (non-hydrogen) atoms. The lowest BCUT2D eigenvalue weighted by atomic mass is 10.2. The largest absolute Gasteiger partial charge is 0.340 e. The lowest BCUT2D eigenvalue weighted by Crippen LogP contribution is -2.23. The molecule has 3 rings (SSSR count). The van der Waals surface area contributed by atoms with Crippen LogP contribution in [0.15, 0.2) is 42.6 Å². The molecule has 1 aromatic heterocycles. The third kappa shape index (κ3) is 2.84. The molecule has 0 saturated carbocycles. The van der Waals surface area contributed by atoms with Gasteiger partial charge in [0.05, 0.1) is 5.56 Å². The maximum atomic E-state index is 11.7. The van der Waals surface area contributed by atoms with Crippen LogP contribution in [0, 0.1) is 11.3 Å². The molecule has 1 aliphatic heterocycles. The minimum Gasteiger partial charge on any atom is -0.340 e. The van der Waals surface area contributed by atoms with Crippen molar-refractivity contribution < 1.29 is 4.79 Å². The van der Waals surface area contributed by atoms with Crippen LogP contribution < -0.4 is 10.2 Å². The van der Waals surface area contributed by atoms with Crippen LogP contribution in [0.3, 0.4) is 0 Å². The van der Waals surface area contributed by atoms with Gasteiger partial charge in [-0.2, -0.15) is 5.26 Å². The van der Waals surface area contributed by atoms with E-state index >= 15 is 0 Å². The summed E-state index contributed by atoms with van der Waals surface area (Å²) in [6.45, 7) is 0.794. The molecule has 1 fully saturated rings. The fourth-order valence-electron chi connectivity index (χ4n) is 2.33. The van der Waals surface area contributed by atoms with Crippen molar-refractivity contribution in [3.63, 3.8) is 0 Å². The Morgan fingerprint density at radius 1 is 1.19 bits per heavy atom. The number of hydrogen-bond donors (Lipinski definition) is 1. The minimum absolute atomic E-state index is 0.185. The molecule has 1 amide bonds. The second kappa shape index (κ2) is 5.63. The van der Waals surface area contributed by atoms with Gasteiger partial charge >= 0.3 is 0 Å². The predicted molar refractivity (Wildman–Crippen MR) is 80.3 cm³/mol. The first-order chi connectivity index (χ1) is 10.3. The molecule has 1 aliphatic rings. The molecule has 0 spiro atoms. The van der Waals surface area contributed by atoms with Gasteiger partial charge < -0.3 is 10.2 Å². The summed E-state index contributed by atoms with van der Waals surface area (Å²) in [5.74, 6) is 0.864. The zero-order valence-electron chi connectivity index (χ0n) is 11.4. The first kappa shape index (κ1) is 13.1. The van der Waals surface area contributed by atoms with Crippen LogP contribution in [-0.2, 0) is 4.79 Å². The van der Waals surface area contributed by atoms with Crippen molar-refractivity contribution in [2.45, 2.75) is 12.8 Å². The molecule has 0 unspecified atom stereocenters. The van der Waals surface area contributed by atoms with E-state index in [0.29, 0.717) is 17.8 Å². The van der Waals surface area contributed by atoms with E-state index in [0.717, 1.165) is 24.3 Å². The van der Waals surface area contributed by atoms with Crippen molar-refractivity contribution in [3.05, 3.63) is 48.2 Å². The molecule has 104 valence electrons. The molecule has 5 nitrogen and oxygen atoms in total. The summed E-state index contributed by atoms with van der Waals surface area (Å²) in [7, 11) is 0. The molecule has 1 N–H and O–H groups in total. The van der Waals surface area contributed by atoms with Gasteiger partial charge in [-0.25, -0.2) is 4.98 Å². The van der Waals surface area contributed by atoms with E-state index in [1.54, 1.807) is 12.1 Å². The van der Waals surface area contributed by atoms with E-state index in [1.807, 2.05) is 35.2 Å². The number of hydrogen-bond acceptors (Lipinski definition) is 4. The highest BCUT2D eigenvalue weighted by Gasteiger charge is 2.21. The van der Waals surface area contributed by atoms with Crippen LogP contribution in [0.5, 0.6) is 0 Å². The number of carbonyl (C=O) groups excluding carboxylic acids is 1. The van der Waals surface area contributed by atoms with Crippen molar-refractivity contribution in [1.29, 1.82) is 5.26 Å². The number of nitrogens with one attached hydrogen (secondary N) is 1. The number of pyridine rings is 1. The fraction of sp³-hybridized carbons (Fsp3) is 0.188. The highest BCUT2D eigenvalue weighted by atomic mass is 16.2. The van der Waals surface area contributed by atoms with Crippen molar-refractivity contribution in [3.8, 4) is 6.07 Å². The lowest BCUT2D eigenvalue weighted by Gasteiger charge is -2.16. The maximum Gasteiger partial charge on any atom is 0.227 e. The van der Waals surface area contributed by atoms with Crippen LogP contribution in [0.25, 0.3) is 0 Å². The number of nitrogens with zero attached hydrogens (tertiary/aromatic N) is 3. The Balaban J connectivity index is 1.72. The summed E-state index contributed by atoms with van der Waals surface area (Å²) >= 11 is 0. The van der Waals surface area contributed by atoms with Crippen LogP contribution in [0.4, 0.5) is 17.2 Å². The van der Waals surface area contributed by atoms with Crippen LogP contribution in [-0.4, -0.2) is 17.4 Å². The van der Waals surface area contributed by atoms with Crippen LogP contribution >= 0.6 is 0 Å². The SMILES string of the molecule is N#Cc1ccc(Nc2ccc(N3CCCC3=O)cc2)nc1. The van der Waals surface area contributed by atoms with Crippen molar-refractivity contribution in [2.75, 3.05) is 16.8 Å². The van der Waals surface area contributed by atoms with Gasteiger partial charge in [0.15, 0.2) is 0 Å². The Labute approximate surface area is 122 Å². The normalized spacial score (nSPS) is 14.0. The van der Waals surface area contributed by atoms with Gasteiger partial charge in [0.2, 0.25) is 5.91 Å². The van der Waals surface area contributed by atoms with Crippen molar-refractivity contribution >= 4 is 23.1 Å². The third-order valence-electron chi connectivity index (χ3n) is 3.42. The highest BCUT2D eigenvalue weighted by Crippen LogP contribution is 2.24. The zero-order valence-corrected chi connectivity index (χ0v) is 11.4. The maximum absolute atomic E-state index is 11.7. The summed E-state index contributed by atoms with van der Waals surface area (Å²) in [6, 6.07) is 13.2. The van der Waals surface area contributed by atoms with E-state index < -0.39 is 0 Å². The number of anilines is 3. The molecule has 5 heteroatoms. The van der Waals surface area contributed by atoms with Gasteiger partial charge in [-0.1, -0.05) is 0 Å². The number of amides is 1. The van der Waals surface area contributed by atoms with E-state index in [2.05, 4.69) is 10.3 Å². The highest BCUT2D eigenvalue weighted by molar-refractivity contribution is 5.95. The molecule has 0 bridgehead atoms. The fourth-order valence-corrected chi connectivity index (χ4v) is 2.33. The van der Waals surface area contributed by atoms with Crippen molar-refractivity contribution in [1.82, 2.24) is 4.98 Å². The molecule has 2 heterocycles. The van der Waals surface area contributed by atoms with E-state index in [4.69, 9.17) is 5.26 Å². The van der Waals surface area contributed by atoms with Gasteiger partial charge in [-0.05, 0) is 42.8 Å². The number of rotatable bonds is 3. The van der Waals surface area contributed by atoms with Crippen LogP contribution in [0.2, 0.25) is 0 Å². The van der Waals surface area contributed by atoms with Crippen molar-refractivity contribution in [2.24, 2.45) is 0 Å². The molecule has 2 aromatic rings. The number of nitriles is 1. The van der Waals surface area contributed by atoms with Gasteiger partial charge in [0.1, 0.15) is 11.9 Å². The Morgan fingerprint density at radius 2 is 2.00 bits per heavy atom. The molecular formula is C16H14N4O. The summed E-state index contributed by atoms with van der Waals surface area (Å²) in [5.41, 5.74) is 2.35. The Hall–Kier alpha value is -2.87. The molecule has 0 atom stereocenters. The van der Waals surface area contributed by atoms with Gasteiger partial charge in [0.25, 0.3) is 0 Å². The van der Waals surface area contributed by atoms with Crippen LogP contribution in [0.1, 0.15) is 18.4 Å². The second-order valence-electron chi connectivity index (χ2n) is 4.86. The number of benzene rings is 1. The number of aromatic nitrogens is 1. The smallest absolute Gasteiger partial charge is 0.227 e. The zero-order chi connectivity index (χ0) is 14.7. The predicted octanol–water partition coefficient (Wildman–Crippen LogP) is 2.82. The minimum atomic E-state index is 0.185. The summed E-state index contributed by atoms with van der Waals surface area (Å²) in [4.78, 5) is 17.7. The molecule has 1 saturated heterocycles. The summed E-state index contributed by atoms with van der Waals surface area (Å²) in [6.07, 6.45) is 3.09. The van der Waals surface area contributed by atoms with Gasteiger partial charge in [0, 0.05) is 30.5 Å². The average molecular weight is 278 g/mol. The first-order valence-electron chi connectivity index (χ1n) is 6.80. The summed E-state index contributed by atoms with van der Waals surface area (Å²) in [5, 5.41) is 11.9. The monoisotopic (exact) mass is 278 g/mol. The molecule has 0 aliphatic carbocycles. The molecule has 0 radical (unpaired) electrons. The molecule has 1 aromatic carbocycles. The van der Waals surface area contributed by atoms with Gasteiger partial charge in [-0.15, -0.1) is 0 Å². The average Bonchev–Trinajstić information content (AvgIpc) is 2.95. The standard InChI is InChI=1S/C16H14N4O/c17-10-12-3-8-15(18-11-12)19-13-4-6-14(7-5-13)20-9-1-2-16(20)21/h3-8,11H,1-2,9H2,(H,18,19). The Morgan fingerprint density at radius 3 is 2.57 bits per heavy atom. The Kier molecular flexibility index (Phi) is 3.52.